The summed E-state index contributed by atoms with van der Waals surface area (Å²) < 4.78 is 0. The lowest BCUT2D eigenvalue weighted by molar-refractivity contribution is 0.102. The lowest BCUT2D eigenvalue weighted by Crippen LogP contribution is -2.29. The average molecular weight is 283 g/mol. The van der Waals surface area contributed by atoms with Crippen molar-refractivity contribution < 1.29 is 14.8 Å². The molecule has 0 spiro atoms. The molecular weight excluding hydrogens is 265 g/mol. The number of benzene rings is 2. The van der Waals surface area contributed by atoms with E-state index in [0.717, 1.165) is 5.69 Å². The fourth-order valence-corrected chi connectivity index (χ4v) is 1.96. The normalized spacial score (nSPS) is 10.5. The number of anilines is 1. The van der Waals surface area contributed by atoms with Gasteiger partial charge in [-0.15, -0.1) is 0 Å². The highest BCUT2D eigenvalue weighted by Crippen LogP contribution is 2.17. The molecule has 0 aliphatic rings. The summed E-state index contributed by atoms with van der Waals surface area (Å²) >= 11 is 0. The topological polar surface area (TPSA) is 69.6 Å². The molecule has 0 aromatic heterocycles. The summed E-state index contributed by atoms with van der Waals surface area (Å²) in [6, 6.07) is 13.9. The van der Waals surface area contributed by atoms with Gasteiger partial charge in [0.25, 0.3) is 5.91 Å². The van der Waals surface area contributed by atoms with E-state index in [9.17, 15) is 4.79 Å². The zero-order valence-corrected chi connectivity index (χ0v) is 12.1. The van der Waals surface area contributed by atoms with Gasteiger partial charge in [-0.05, 0) is 41.2 Å². The van der Waals surface area contributed by atoms with Crippen LogP contribution in [0.15, 0.2) is 48.5 Å². The molecular formula is C16H18BNO3. The summed E-state index contributed by atoms with van der Waals surface area (Å²) in [7, 11) is -1.52. The summed E-state index contributed by atoms with van der Waals surface area (Å²) in [5.41, 5.74) is 2.77. The number of rotatable bonds is 4. The number of hydrogen-bond donors (Lipinski definition) is 3. The van der Waals surface area contributed by atoms with Gasteiger partial charge in [0.05, 0.1) is 0 Å². The number of hydrogen-bond acceptors (Lipinski definition) is 3. The first kappa shape index (κ1) is 15.3. The maximum absolute atomic E-state index is 12.1. The molecule has 0 saturated heterocycles. The van der Waals surface area contributed by atoms with E-state index in [1.165, 1.54) is 17.7 Å². The van der Waals surface area contributed by atoms with Crippen LogP contribution in [0.25, 0.3) is 0 Å². The molecule has 0 unspecified atom stereocenters. The van der Waals surface area contributed by atoms with Gasteiger partial charge in [-0.3, -0.25) is 4.79 Å². The van der Waals surface area contributed by atoms with Crippen LogP contribution in [-0.4, -0.2) is 23.1 Å². The van der Waals surface area contributed by atoms with E-state index in [1.807, 2.05) is 24.3 Å². The SMILES string of the molecule is CC(C)c1ccc(NC(=O)c2ccc(B(O)O)cc2)cc1. The van der Waals surface area contributed by atoms with Gasteiger partial charge in [-0.1, -0.05) is 38.1 Å². The molecule has 21 heavy (non-hydrogen) atoms. The smallest absolute Gasteiger partial charge is 0.423 e. The minimum Gasteiger partial charge on any atom is -0.423 e. The second-order valence-electron chi connectivity index (χ2n) is 5.23. The van der Waals surface area contributed by atoms with E-state index >= 15 is 0 Å². The highest BCUT2D eigenvalue weighted by molar-refractivity contribution is 6.58. The van der Waals surface area contributed by atoms with E-state index in [2.05, 4.69) is 19.2 Å². The first-order valence-electron chi connectivity index (χ1n) is 6.85. The molecule has 3 N–H and O–H groups in total. The maximum Gasteiger partial charge on any atom is 0.488 e. The van der Waals surface area contributed by atoms with Gasteiger partial charge in [-0.2, -0.15) is 0 Å². The Bertz CT molecular complexity index is 606. The quantitative estimate of drug-likeness (QED) is 0.749. The Balaban J connectivity index is 2.06. The number of carbonyl (C=O) groups is 1. The predicted octanol–water partition coefficient (Wildman–Crippen LogP) is 1.74. The van der Waals surface area contributed by atoms with Gasteiger partial charge in [-0.25, -0.2) is 0 Å². The van der Waals surface area contributed by atoms with Crippen molar-refractivity contribution in [3.63, 3.8) is 0 Å². The van der Waals surface area contributed by atoms with Crippen LogP contribution in [0.2, 0.25) is 0 Å². The second kappa shape index (κ2) is 6.56. The number of nitrogens with one attached hydrogen (secondary N) is 1. The van der Waals surface area contributed by atoms with Crippen molar-refractivity contribution >= 4 is 24.2 Å². The molecule has 1 amide bonds. The molecule has 0 radical (unpaired) electrons. The molecule has 0 saturated carbocycles. The molecule has 4 nitrogen and oxygen atoms in total. The Labute approximate surface area is 124 Å². The lowest BCUT2D eigenvalue weighted by Gasteiger charge is -2.09. The van der Waals surface area contributed by atoms with Gasteiger partial charge >= 0.3 is 7.12 Å². The maximum atomic E-state index is 12.1. The van der Waals surface area contributed by atoms with Crippen LogP contribution in [0.5, 0.6) is 0 Å². The van der Waals surface area contributed by atoms with Gasteiger partial charge < -0.3 is 15.4 Å². The Morgan fingerprint density at radius 3 is 2.05 bits per heavy atom. The van der Waals surface area contributed by atoms with E-state index in [4.69, 9.17) is 10.0 Å². The molecule has 2 aromatic carbocycles. The number of amides is 1. The summed E-state index contributed by atoms with van der Waals surface area (Å²) in [4.78, 5) is 12.1. The molecule has 0 heterocycles. The van der Waals surface area contributed by atoms with Crippen molar-refractivity contribution in [2.45, 2.75) is 19.8 Å². The summed E-state index contributed by atoms with van der Waals surface area (Å²) in [6.07, 6.45) is 0. The van der Waals surface area contributed by atoms with Crippen molar-refractivity contribution in [2.75, 3.05) is 5.32 Å². The second-order valence-corrected chi connectivity index (χ2v) is 5.23. The van der Waals surface area contributed by atoms with Crippen LogP contribution in [0, 0.1) is 0 Å². The van der Waals surface area contributed by atoms with Gasteiger partial charge in [0.1, 0.15) is 0 Å². The molecule has 0 aliphatic carbocycles. The summed E-state index contributed by atoms with van der Waals surface area (Å²) in [5.74, 6) is 0.221. The van der Waals surface area contributed by atoms with Gasteiger partial charge in [0, 0.05) is 11.3 Å². The zero-order chi connectivity index (χ0) is 15.4. The van der Waals surface area contributed by atoms with Crippen molar-refractivity contribution in [2.24, 2.45) is 0 Å². The first-order valence-corrected chi connectivity index (χ1v) is 6.85. The Morgan fingerprint density at radius 2 is 1.57 bits per heavy atom. The summed E-state index contributed by atoms with van der Waals surface area (Å²) in [5, 5.41) is 20.8. The molecule has 0 fully saturated rings. The molecule has 2 aromatic rings. The lowest BCUT2D eigenvalue weighted by atomic mass is 9.80. The Hall–Kier alpha value is -2.11. The van der Waals surface area contributed by atoms with Crippen molar-refractivity contribution in [1.29, 1.82) is 0 Å². The number of carbonyl (C=O) groups excluding carboxylic acids is 1. The van der Waals surface area contributed by atoms with E-state index < -0.39 is 7.12 Å². The van der Waals surface area contributed by atoms with E-state index in [-0.39, 0.29) is 5.91 Å². The third-order valence-electron chi connectivity index (χ3n) is 3.31. The third kappa shape index (κ3) is 3.94. The Morgan fingerprint density at radius 1 is 1.00 bits per heavy atom. The van der Waals surface area contributed by atoms with Crippen LogP contribution in [0.4, 0.5) is 5.69 Å². The van der Waals surface area contributed by atoms with Crippen molar-refractivity contribution in [3.8, 4) is 0 Å². The van der Waals surface area contributed by atoms with Crippen LogP contribution >= 0.6 is 0 Å². The molecule has 0 atom stereocenters. The van der Waals surface area contributed by atoms with Crippen LogP contribution < -0.4 is 10.8 Å². The largest absolute Gasteiger partial charge is 0.488 e. The van der Waals surface area contributed by atoms with Gasteiger partial charge in [0.15, 0.2) is 0 Å². The minimum absolute atomic E-state index is 0.230. The molecule has 5 heteroatoms. The minimum atomic E-state index is -1.52. The van der Waals surface area contributed by atoms with Crippen molar-refractivity contribution in [1.82, 2.24) is 0 Å². The Kier molecular flexibility index (Phi) is 4.78. The fourth-order valence-electron chi connectivity index (χ4n) is 1.96. The summed E-state index contributed by atoms with van der Waals surface area (Å²) in [6.45, 7) is 4.23. The standard InChI is InChI=1S/C16H18BNO3/c1-11(2)12-5-9-15(10-6-12)18-16(19)13-3-7-14(8-4-13)17(20)21/h3-11,20-21H,1-2H3,(H,18,19). The molecule has 0 bridgehead atoms. The van der Waals surface area contributed by atoms with Crippen LogP contribution in [0.3, 0.4) is 0 Å². The average Bonchev–Trinajstić information content (AvgIpc) is 2.47. The van der Waals surface area contributed by atoms with Gasteiger partial charge in [0.2, 0.25) is 0 Å². The third-order valence-corrected chi connectivity index (χ3v) is 3.31. The highest BCUT2D eigenvalue weighted by Gasteiger charge is 2.12. The molecule has 0 aliphatic heterocycles. The van der Waals surface area contributed by atoms with Crippen LogP contribution in [0.1, 0.15) is 35.7 Å². The molecule has 2 rings (SSSR count). The highest BCUT2D eigenvalue weighted by atomic mass is 16.4. The van der Waals surface area contributed by atoms with E-state index in [1.54, 1.807) is 12.1 Å². The first-order chi connectivity index (χ1) is 9.97. The predicted molar refractivity (Wildman–Crippen MR) is 84.8 cm³/mol. The monoisotopic (exact) mass is 283 g/mol. The van der Waals surface area contributed by atoms with Crippen LogP contribution in [-0.2, 0) is 0 Å². The van der Waals surface area contributed by atoms with E-state index in [0.29, 0.717) is 16.9 Å². The molecule has 108 valence electrons. The fraction of sp³-hybridized carbons (Fsp3) is 0.188. The van der Waals surface area contributed by atoms with Crippen molar-refractivity contribution in [3.05, 3.63) is 59.7 Å². The zero-order valence-electron chi connectivity index (χ0n) is 12.1.